The Balaban J connectivity index is 1.61. The summed E-state index contributed by atoms with van der Waals surface area (Å²) in [6.45, 7) is 2.30. The number of carbonyl (C=O) groups is 2. The molecule has 0 bridgehead atoms. The predicted molar refractivity (Wildman–Crippen MR) is 111 cm³/mol. The minimum atomic E-state index is -0.333. The summed E-state index contributed by atoms with van der Waals surface area (Å²) >= 11 is 6.08. The predicted octanol–water partition coefficient (Wildman–Crippen LogP) is 4.11. The lowest BCUT2D eigenvalue weighted by Gasteiger charge is -2.23. The first-order chi connectivity index (χ1) is 14.6. The Morgan fingerprint density at radius 1 is 1.33 bits per heavy atom. The van der Waals surface area contributed by atoms with E-state index in [1.54, 1.807) is 48.5 Å². The second-order valence-corrected chi connectivity index (χ2v) is 7.38. The summed E-state index contributed by atoms with van der Waals surface area (Å²) in [7, 11) is 0. The highest BCUT2D eigenvalue weighted by molar-refractivity contribution is 6.31. The molecule has 154 valence electrons. The zero-order valence-corrected chi connectivity index (χ0v) is 17.1. The summed E-state index contributed by atoms with van der Waals surface area (Å²) in [5, 5.41) is 7.23. The lowest BCUT2D eigenvalue weighted by molar-refractivity contribution is -0.115. The summed E-state index contributed by atoms with van der Waals surface area (Å²) in [4.78, 5) is 35.5. The van der Waals surface area contributed by atoms with E-state index in [1.807, 2.05) is 6.07 Å². The lowest BCUT2D eigenvalue weighted by atomic mass is 10.1. The molecule has 2 amide bonds. The van der Waals surface area contributed by atoms with E-state index >= 15 is 0 Å². The molecular formula is C21H20ClN5O3. The van der Waals surface area contributed by atoms with Gasteiger partial charge >= 0.3 is 0 Å². The van der Waals surface area contributed by atoms with Crippen LogP contribution in [0.25, 0.3) is 11.4 Å². The molecular weight excluding hydrogens is 406 g/mol. The maximum absolute atomic E-state index is 13.3. The van der Waals surface area contributed by atoms with E-state index < -0.39 is 0 Å². The van der Waals surface area contributed by atoms with Crippen LogP contribution < -0.4 is 5.32 Å². The van der Waals surface area contributed by atoms with Gasteiger partial charge in [0.05, 0.1) is 11.3 Å². The van der Waals surface area contributed by atoms with Crippen molar-refractivity contribution in [3.63, 3.8) is 0 Å². The first-order valence-electron chi connectivity index (χ1n) is 9.71. The Kier molecular flexibility index (Phi) is 5.76. The van der Waals surface area contributed by atoms with Crippen LogP contribution in [0.4, 0.5) is 5.69 Å². The average molecular weight is 426 g/mol. The maximum Gasteiger partial charge on any atom is 0.256 e. The molecule has 1 N–H and O–H groups in total. The zero-order valence-electron chi connectivity index (χ0n) is 16.3. The third-order valence-electron chi connectivity index (χ3n) is 4.97. The molecule has 0 saturated carbocycles. The lowest BCUT2D eigenvalue weighted by Crippen LogP contribution is -2.31. The van der Waals surface area contributed by atoms with Crippen LogP contribution in [-0.2, 0) is 4.79 Å². The number of carbonyl (C=O) groups excluding carboxylic acids is 2. The van der Waals surface area contributed by atoms with Crippen molar-refractivity contribution in [3.8, 4) is 11.4 Å². The number of hydrogen-bond acceptors (Lipinski definition) is 6. The number of anilines is 1. The number of likely N-dealkylation sites (tertiary alicyclic amines) is 1. The Labute approximate surface area is 178 Å². The Hall–Kier alpha value is -3.26. The quantitative estimate of drug-likeness (QED) is 0.660. The van der Waals surface area contributed by atoms with Crippen molar-refractivity contribution in [1.29, 1.82) is 0 Å². The smallest absolute Gasteiger partial charge is 0.256 e. The minimum absolute atomic E-state index is 0.192. The van der Waals surface area contributed by atoms with Gasteiger partial charge in [-0.1, -0.05) is 23.7 Å². The minimum Gasteiger partial charge on any atom is -0.337 e. The monoisotopic (exact) mass is 425 g/mol. The third-order valence-corrected chi connectivity index (χ3v) is 5.20. The average Bonchev–Trinajstić information content (AvgIpc) is 3.43. The van der Waals surface area contributed by atoms with Crippen molar-refractivity contribution < 1.29 is 14.1 Å². The van der Waals surface area contributed by atoms with Gasteiger partial charge in [0, 0.05) is 35.9 Å². The molecule has 1 aliphatic rings. The highest BCUT2D eigenvalue weighted by Crippen LogP contribution is 2.34. The standard InChI is InChI=1S/C21H20ClN5O3/c1-2-18(28)24-16-11-14(22)7-8-15(16)21(29)27-10-4-6-17(27)20-25-19(26-30-20)13-5-3-9-23-12-13/h3,5,7-9,11-12,17H,2,4,6,10H2,1H3,(H,24,28)/t17-/m0/s1. The number of rotatable bonds is 5. The number of nitrogens with one attached hydrogen (secondary N) is 1. The van der Waals surface area contributed by atoms with E-state index in [9.17, 15) is 9.59 Å². The fraction of sp³-hybridized carbons (Fsp3) is 0.286. The normalized spacial score (nSPS) is 15.9. The molecule has 1 atom stereocenters. The number of benzene rings is 1. The first-order valence-corrected chi connectivity index (χ1v) is 10.1. The molecule has 3 aromatic rings. The van der Waals surface area contributed by atoms with Crippen LogP contribution in [-0.4, -0.2) is 38.4 Å². The SMILES string of the molecule is CCC(=O)Nc1cc(Cl)ccc1C(=O)N1CCC[C@H]1c1nc(-c2cccnc2)no1. The van der Waals surface area contributed by atoms with Gasteiger partial charge in [-0.05, 0) is 43.2 Å². The number of nitrogens with zero attached hydrogens (tertiary/aromatic N) is 4. The molecule has 1 aromatic carbocycles. The van der Waals surface area contributed by atoms with Gasteiger partial charge in [0.2, 0.25) is 17.6 Å². The number of pyridine rings is 1. The van der Waals surface area contributed by atoms with Crippen molar-refractivity contribution in [2.45, 2.75) is 32.2 Å². The van der Waals surface area contributed by atoms with Gasteiger partial charge in [0.15, 0.2) is 0 Å². The van der Waals surface area contributed by atoms with Gasteiger partial charge in [-0.25, -0.2) is 0 Å². The number of hydrogen-bond donors (Lipinski definition) is 1. The maximum atomic E-state index is 13.3. The summed E-state index contributed by atoms with van der Waals surface area (Å²) in [6, 6.07) is 8.15. The molecule has 1 fully saturated rings. The van der Waals surface area contributed by atoms with Crippen LogP contribution in [0.3, 0.4) is 0 Å². The second kappa shape index (κ2) is 8.62. The molecule has 3 heterocycles. The van der Waals surface area contributed by atoms with E-state index in [-0.39, 0.29) is 17.9 Å². The Morgan fingerprint density at radius 2 is 2.20 bits per heavy atom. The fourth-order valence-electron chi connectivity index (χ4n) is 3.45. The highest BCUT2D eigenvalue weighted by atomic mass is 35.5. The van der Waals surface area contributed by atoms with Crippen molar-refractivity contribution in [3.05, 3.63) is 59.2 Å². The van der Waals surface area contributed by atoms with Crippen LogP contribution in [0.5, 0.6) is 0 Å². The number of halogens is 1. The van der Waals surface area contributed by atoms with E-state index in [0.717, 1.165) is 12.0 Å². The largest absolute Gasteiger partial charge is 0.337 e. The van der Waals surface area contributed by atoms with Crippen LogP contribution >= 0.6 is 11.6 Å². The number of amides is 2. The van der Waals surface area contributed by atoms with Crippen LogP contribution in [0.2, 0.25) is 5.02 Å². The molecule has 0 unspecified atom stereocenters. The molecule has 9 heteroatoms. The van der Waals surface area contributed by atoms with Crippen LogP contribution in [0, 0.1) is 0 Å². The van der Waals surface area contributed by atoms with Gasteiger partial charge in [-0.15, -0.1) is 0 Å². The third kappa shape index (κ3) is 4.04. The first kappa shape index (κ1) is 20.0. The molecule has 30 heavy (non-hydrogen) atoms. The zero-order chi connectivity index (χ0) is 21.1. The molecule has 0 radical (unpaired) electrons. The summed E-state index contributed by atoms with van der Waals surface area (Å²) < 4.78 is 5.48. The second-order valence-electron chi connectivity index (χ2n) is 6.95. The fourth-order valence-corrected chi connectivity index (χ4v) is 3.62. The van der Waals surface area contributed by atoms with Crippen molar-refractivity contribution >= 4 is 29.1 Å². The Morgan fingerprint density at radius 3 is 2.97 bits per heavy atom. The van der Waals surface area contributed by atoms with Gasteiger partial charge < -0.3 is 14.7 Å². The molecule has 2 aromatic heterocycles. The van der Waals surface area contributed by atoms with Crippen molar-refractivity contribution in [2.75, 3.05) is 11.9 Å². The van der Waals surface area contributed by atoms with Gasteiger partial charge in [0.1, 0.15) is 6.04 Å². The topological polar surface area (TPSA) is 101 Å². The number of aromatic nitrogens is 3. The highest BCUT2D eigenvalue weighted by Gasteiger charge is 2.35. The molecule has 0 spiro atoms. The Bertz CT molecular complexity index is 1070. The molecule has 4 rings (SSSR count). The van der Waals surface area contributed by atoms with Crippen LogP contribution in [0.15, 0.2) is 47.2 Å². The molecule has 1 aliphatic heterocycles. The van der Waals surface area contributed by atoms with Gasteiger partial charge in [-0.3, -0.25) is 14.6 Å². The molecule has 1 saturated heterocycles. The molecule has 8 nitrogen and oxygen atoms in total. The van der Waals surface area contributed by atoms with E-state index in [2.05, 4.69) is 20.4 Å². The van der Waals surface area contributed by atoms with Crippen molar-refractivity contribution in [2.24, 2.45) is 0 Å². The van der Waals surface area contributed by atoms with Crippen molar-refractivity contribution in [1.82, 2.24) is 20.0 Å². The van der Waals surface area contributed by atoms with E-state index in [4.69, 9.17) is 16.1 Å². The molecule has 0 aliphatic carbocycles. The van der Waals surface area contributed by atoms with Gasteiger partial charge in [0.25, 0.3) is 5.91 Å². The van der Waals surface area contributed by atoms with Crippen LogP contribution in [0.1, 0.15) is 48.5 Å². The van der Waals surface area contributed by atoms with Gasteiger partial charge in [-0.2, -0.15) is 4.98 Å². The van der Waals surface area contributed by atoms with E-state index in [0.29, 0.717) is 47.4 Å². The summed E-state index contributed by atoms with van der Waals surface area (Å²) in [6.07, 6.45) is 5.15. The summed E-state index contributed by atoms with van der Waals surface area (Å²) in [5.74, 6) is 0.400. The summed E-state index contributed by atoms with van der Waals surface area (Å²) in [5.41, 5.74) is 1.51. The van der Waals surface area contributed by atoms with E-state index in [1.165, 1.54) is 0 Å².